The summed E-state index contributed by atoms with van der Waals surface area (Å²) in [6, 6.07) is 0.0349. The molecule has 11 heteroatoms. The van der Waals surface area contributed by atoms with Crippen LogP contribution in [0.25, 0.3) is 0 Å². The largest absolute Gasteiger partial charge is 0.477 e. The Morgan fingerprint density at radius 3 is 2.43 bits per heavy atom. The first-order chi connectivity index (χ1) is 14.3. The van der Waals surface area contributed by atoms with Crippen LogP contribution in [0.4, 0.5) is 5.13 Å². The molecule has 0 aliphatic carbocycles. The Balaban J connectivity index is 0.000000735. The van der Waals surface area contributed by atoms with Gasteiger partial charge >= 0.3 is 5.97 Å². The Morgan fingerprint density at radius 1 is 1.33 bits per heavy atom. The van der Waals surface area contributed by atoms with Crippen molar-refractivity contribution in [3.8, 4) is 0 Å². The number of anilines is 1. The molecule has 3 rings (SSSR count). The number of nitrogens with zero attached hydrogens (tertiary/aromatic N) is 3. The number of aromatic nitrogens is 3. The Kier molecular flexibility index (Phi) is 9.07. The van der Waals surface area contributed by atoms with Crippen LogP contribution in [-0.2, 0) is 6.42 Å². The quantitative estimate of drug-likeness (QED) is 0.524. The van der Waals surface area contributed by atoms with Gasteiger partial charge in [-0.15, -0.1) is 0 Å². The maximum atomic E-state index is 12.3. The van der Waals surface area contributed by atoms with Crippen LogP contribution in [0.2, 0.25) is 5.15 Å². The number of rotatable bonds is 6. The summed E-state index contributed by atoms with van der Waals surface area (Å²) < 4.78 is 0. The number of aryl methyl sites for hydroxylation is 2. The zero-order valence-electron chi connectivity index (χ0n) is 17.5. The van der Waals surface area contributed by atoms with E-state index in [2.05, 4.69) is 32.1 Å². The van der Waals surface area contributed by atoms with E-state index < -0.39 is 5.97 Å². The number of H-pyrrole nitrogens is 1. The third kappa shape index (κ3) is 6.16. The molecule has 0 unspecified atom stereocenters. The first-order valence-electron chi connectivity index (χ1n) is 10.0. The second-order valence-corrected chi connectivity index (χ2v) is 8.28. The molecular formula is C19H29ClN6O3S. The molecule has 1 saturated heterocycles. The zero-order chi connectivity index (χ0) is 22.3. The fourth-order valence-electron chi connectivity index (χ4n) is 2.91. The van der Waals surface area contributed by atoms with E-state index in [1.807, 2.05) is 6.92 Å². The molecular weight excluding hydrogens is 428 g/mol. The van der Waals surface area contributed by atoms with E-state index in [1.165, 1.54) is 11.3 Å². The molecule has 0 aromatic carbocycles. The standard InChI is InChI=1S/C16H20ClN5O3S.C3H9N/c1-3-10-12(17)21-13(20-10)14(23)19-9-4-6-22(7-5-9)16-18-8(2)11(26-16)15(24)25;1-2-3-4/h9H,3-7H2,1-2H3,(H,19,23)(H,20,21)(H,24,25);2-4H2,1H3. The van der Waals surface area contributed by atoms with E-state index in [9.17, 15) is 9.59 Å². The Hall–Kier alpha value is -2.17. The first-order valence-corrected chi connectivity index (χ1v) is 11.2. The first kappa shape index (κ1) is 24.1. The lowest BCUT2D eigenvalue weighted by molar-refractivity contribution is 0.0700. The Labute approximate surface area is 185 Å². The van der Waals surface area contributed by atoms with Gasteiger partial charge in [0.05, 0.1) is 11.4 Å². The molecule has 0 bridgehead atoms. The van der Waals surface area contributed by atoms with E-state index in [1.54, 1.807) is 6.92 Å². The number of nitrogens with two attached hydrogens (primary N) is 1. The number of aromatic amines is 1. The smallest absolute Gasteiger partial charge is 0.347 e. The summed E-state index contributed by atoms with van der Waals surface area (Å²) in [6.07, 6.45) is 3.28. The number of carbonyl (C=O) groups is 2. The highest BCUT2D eigenvalue weighted by Gasteiger charge is 2.25. The molecule has 1 aliphatic rings. The van der Waals surface area contributed by atoms with Crippen molar-refractivity contribution in [2.24, 2.45) is 5.73 Å². The van der Waals surface area contributed by atoms with Gasteiger partial charge in [-0.2, -0.15) is 0 Å². The molecule has 0 saturated carbocycles. The number of piperidine rings is 1. The summed E-state index contributed by atoms with van der Waals surface area (Å²) in [4.78, 5) is 37.2. The molecule has 0 spiro atoms. The Morgan fingerprint density at radius 2 is 1.97 bits per heavy atom. The van der Waals surface area contributed by atoms with Crippen molar-refractivity contribution in [1.29, 1.82) is 0 Å². The van der Waals surface area contributed by atoms with Crippen LogP contribution in [0.5, 0.6) is 0 Å². The molecule has 1 fully saturated rings. The van der Waals surface area contributed by atoms with E-state index in [-0.39, 0.29) is 22.7 Å². The second kappa shape index (κ2) is 11.3. The number of aromatic carboxylic acids is 1. The van der Waals surface area contributed by atoms with Gasteiger partial charge in [-0.1, -0.05) is 36.8 Å². The van der Waals surface area contributed by atoms with Crippen molar-refractivity contribution in [2.75, 3.05) is 24.5 Å². The maximum Gasteiger partial charge on any atom is 0.347 e. The molecule has 9 nitrogen and oxygen atoms in total. The number of nitrogens with one attached hydrogen (secondary N) is 2. The number of carboxylic acid groups (broad SMARTS) is 1. The molecule has 0 atom stereocenters. The average molecular weight is 457 g/mol. The van der Waals surface area contributed by atoms with Crippen LogP contribution in [-0.4, -0.2) is 57.6 Å². The minimum Gasteiger partial charge on any atom is -0.477 e. The van der Waals surface area contributed by atoms with Gasteiger partial charge < -0.3 is 26.0 Å². The molecule has 166 valence electrons. The predicted octanol–water partition coefficient (Wildman–Crippen LogP) is 2.84. The summed E-state index contributed by atoms with van der Waals surface area (Å²) in [5.41, 5.74) is 6.31. The van der Waals surface area contributed by atoms with Crippen molar-refractivity contribution in [1.82, 2.24) is 20.3 Å². The minimum atomic E-state index is -0.947. The van der Waals surface area contributed by atoms with Crippen LogP contribution in [0.15, 0.2) is 0 Å². The van der Waals surface area contributed by atoms with E-state index in [4.69, 9.17) is 22.4 Å². The van der Waals surface area contributed by atoms with E-state index >= 15 is 0 Å². The topological polar surface area (TPSA) is 137 Å². The number of hydrogen-bond acceptors (Lipinski definition) is 7. The molecule has 1 amide bonds. The third-order valence-electron chi connectivity index (χ3n) is 4.67. The monoisotopic (exact) mass is 456 g/mol. The highest BCUT2D eigenvalue weighted by atomic mass is 35.5. The van der Waals surface area contributed by atoms with Gasteiger partial charge in [0.15, 0.2) is 16.1 Å². The molecule has 2 aromatic heterocycles. The van der Waals surface area contributed by atoms with Gasteiger partial charge in [0.25, 0.3) is 5.91 Å². The molecule has 5 N–H and O–H groups in total. The van der Waals surface area contributed by atoms with Gasteiger partial charge in [0.1, 0.15) is 4.88 Å². The van der Waals surface area contributed by atoms with Crippen LogP contribution in [0, 0.1) is 6.92 Å². The third-order valence-corrected chi connectivity index (χ3v) is 6.18. The molecule has 3 heterocycles. The summed E-state index contributed by atoms with van der Waals surface area (Å²) in [6.45, 7) is 7.93. The number of imidazole rings is 1. The fourth-order valence-corrected chi connectivity index (χ4v) is 4.14. The Bertz CT molecular complexity index is 859. The normalized spacial score (nSPS) is 14.2. The van der Waals surface area contributed by atoms with Gasteiger partial charge in [-0.05, 0) is 39.2 Å². The summed E-state index contributed by atoms with van der Waals surface area (Å²) in [7, 11) is 0. The lowest BCUT2D eigenvalue weighted by Gasteiger charge is -2.31. The van der Waals surface area contributed by atoms with Crippen molar-refractivity contribution in [2.45, 2.75) is 52.5 Å². The highest BCUT2D eigenvalue weighted by Crippen LogP contribution is 2.28. The van der Waals surface area contributed by atoms with Gasteiger partial charge in [0, 0.05) is 19.1 Å². The van der Waals surface area contributed by atoms with Crippen LogP contribution < -0.4 is 16.0 Å². The number of halogens is 1. The van der Waals surface area contributed by atoms with E-state index in [0.29, 0.717) is 30.4 Å². The number of thiazole rings is 1. The summed E-state index contributed by atoms with van der Waals surface area (Å²) in [5, 5.41) is 13.2. The predicted molar refractivity (Wildman–Crippen MR) is 119 cm³/mol. The minimum absolute atomic E-state index is 0.0349. The summed E-state index contributed by atoms with van der Waals surface area (Å²) >= 11 is 7.17. The number of carbonyl (C=O) groups excluding carboxylic acids is 1. The van der Waals surface area contributed by atoms with Gasteiger partial charge in [-0.25, -0.2) is 14.8 Å². The highest BCUT2D eigenvalue weighted by molar-refractivity contribution is 7.17. The second-order valence-electron chi connectivity index (χ2n) is 6.95. The fraction of sp³-hybridized carbons (Fsp3) is 0.579. The van der Waals surface area contributed by atoms with Crippen LogP contribution in [0.3, 0.4) is 0 Å². The van der Waals surface area contributed by atoms with Crippen LogP contribution >= 0.6 is 22.9 Å². The van der Waals surface area contributed by atoms with Gasteiger partial charge in [-0.3, -0.25) is 4.79 Å². The van der Waals surface area contributed by atoms with Crippen molar-refractivity contribution in [3.63, 3.8) is 0 Å². The molecule has 2 aromatic rings. The van der Waals surface area contributed by atoms with Crippen LogP contribution in [0.1, 0.15) is 64.8 Å². The molecule has 1 aliphatic heterocycles. The summed E-state index contributed by atoms with van der Waals surface area (Å²) in [5.74, 6) is -0.976. The van der Waals surface area contributed by atoms with Crippen molar-refractivity contribution >= 4 is 39.9 Å². The molecule has 30 heavy (non-hydrogen) atoms. The zero-order valence-corrected chi connectivity index (χ0v) is 19.1. The maximum absolute atomic E-state index is 12.3. The number of hydrogen-bond donors (Lipinski definition) is 4. The number of amides is 1. The SMILES string of the molecule is CCCN.CCc1[nH]c(C(=O)NC2CCN(c3nc(C)c(C(=O)O)s3)CC2)nc1Cl. The van der Waals surface area contributed by atoms with Crippen molar-refractivity contribution in [3.05, 3.63) is 27.2 Å². The molecule has 0 radical (unpaired) electrons. The average Bonchev–Trinajstić information content (AvgIpc) is 3.31. The number of carboxylic acids is 1. The lowest BCUT2D eigenvalue weighted by atomic mass is 10.1. The van der Waals surface area contributed by atoms with Gasteiger partial charge in [0.2, 0.25) is 0 Å². The lowest BCUT2D eigenvalue weighted by Crippen LogP contribution is -2.45. The van der Waals surface area contributed by atoms with E-state index in [0.717, 1.165) is 36.6 Å². The van der Waals surface area contributed by atoms with Crippen molar-refractivity contribution < 1.29 is 14.7 Å².